The maximum Gasteiger partial charge on any atom is 0.139 e. The number of rotatable bonds is 6. The van der Waals surface area contributed by atoms with Crippen molar-refractivity contribution in [3.05, 3.63) is 131 Å². The van der Waals surface area contributed by atoms with Crippen molar-refractivity contribution in [2.24, 2.45) is 4.99 Å². The summed E-state index contributed by atoms with van der Waals surface area (Å²) in [5, 5.41) is 0. The van der Waals surface area contributed by atoms with Gasteiger partial charge in [-0.15, -0.1) is 0 Å². The minimum Gasteiger partial charge on any atom is -0.292 e. The Morgan fingerprint density at radius 3 is 2.42 bits per heavy atom. The molecule has 0 saturated heterocycles. The molecule has 5 heteroatoms. The monoisotopic (exact) mass is 471 g/mol. The van der Waals surface area contributed by atoms with E-state index in [1.165, 1.54) is 17.7 Å². The van der Waals surface area contributed by atoms with E-state index in [9.17, 15) is 0 Å². The second-order valence-corrected chi connectivity index (χ2v) is 9.41. The van der Waals surface area contributed by atoms with Gasteiger partial charge in [0.05, 0.1) is 23.1 Å². The molecule has 0 radical (unpaired) electrons. The van der Waals surface area contributed by atoms with Crippen LogP contribution < -0.4 is 0 Å². The van der Waals surface area contributed by atoms with Gasteiger partial charge in [0.15, 0.2) is 0 Å². The molecule has 1 aliphatic carbocycles. The van der Waals surface area contributed by atoms with Crippen LogP contribution in [0.1, 0.15) is 47.0 Å². The van der Waals surface area contributed by atoms with Crippen LogP contribution in [0.5, 0.6) is 0 Å². The van der Waals surface area contributed by atoms with Gasteiger partial charge in [-0.1, -0.05) is 72.8 Å². The number of fused-ring (bicyclic) bond motifs is 2. The van der Waals surface area contributed by atoms with Gasteiger partial charge in [-0.2, -0.15) is 0 Å². The molecule has 1 atom stereocenters. The van der Waals surface area contributed by atoms with Gasteiger partial charge < -0.3 is 0 Å². The minimum absolute atomic E-state index is 0.319. The van der Waals surface area contributed by atoms with Crippen LogP contribution in [-0.4, -0.2) is 32.0 Å². The van der Waals surface area contributed by atoms with Crippen molar-refractivity contribution in [3.8, 4) is 0 Å². The zero-order chi connectivity index (χ0) is 24.3. The molecule has 5 aromatic rings. The fourth-order valence-corrected chi connectivity index (χ4v) is 5.20. The van der Waals surface area contributed by atoms with E-state index in [4.69, 9.17) is 15.0 Å². The summed E-state index contributed by atoms with van der Waals surface area (Å²) < 4.78 is 2.10. The number of imidazole rings is 1. The smallest absolute Gasteiger partial charge is 0.139 e. The molecule has 1 unspecified atom stereocenters. The predicted molar refractivity (Wildman–Crippen MR) is 145 cm³/mol. The van der Waals surface area contributed by atoms with E-state index in [2.05, 4.69) is 83.2 Å². The SMILES string of the molecule is CN(Cc1cn2c(N=C(c3ccccc3)c3ccccc3)cccc2n1)C1CCCc2cccnc21. The molecule has 1 aliphatic rings. The molecule has 0 aliphatic heterocycles. The van der Waals surface area contributed by atoms with Crippen molar-refractivity contribution >= 4 is 17.2 Å². The van der Waals surface area contributed by atoms with E-state index < -0.39 is 0 Å². The van der Waals surface area contributed by atoms with Gasteiger partial charge in [-0.05, 0) is 50.1 Å². The Labute approximate surface area is 211 Å². The second kappa shape index (κ2) is 9.88. The lowest BCUT2D eigenvalue weighted by atomic mass is 9.91. The second-order valence-electron chi connectivity index (χ2n) is 9.41. The Morgan fingerprint density at radius 1 is 0.917 bits per heavy atom. The quantitative estimate of drug-likeness (QED) is 0.269. The van der Waals surface area contributed by atoms with Crippen LogP contribution in [0.2, 0.25) is 0 Å². The third-order valence-electron chi connectivity index (χ3n) is 6.95. The Hall–Kier alpha value is -4.09. The molecule has 6 rings (SSSR count). The molecule has 2 aromatic carbocycles. The van der Waals surface area contributed by atoms with Gasteiger partial charge in [0.25, 0.3) is 0 Å². The molecule has 5 nitrogen and oxygen atoms in total. The fraction of sp³-hybridized carbons (Fsp3) is 0.194. The van der Waals surface area contributed by atoms with Gasteiger partial charge >= 0.3 is 0 Å². The fourth-order valence-electron chi connectivity index (χ4n) is 5.20. The Balaban J connectivity index is 1.35. The first-order chi connectivity index (χ1) is 17.8. The Morgan fingerprint density at radius 2 is 1.67 bits per heavy atom. The third kappa shape index (κ3) is 4.45. The van der Waals surface area contributed by atoms with Gasteiger partial charge in [0, 0.05) is 30.1 Å². The van der Waals surface area contributed by atoms with Crippen LogP contribution in [0.15, 0.2) is 108 Å². The molecular weight excluding hydrogens is 442 g/mol. The van der Waals surface area contributed by atoms with Gasteiger partial charge in [-0.25, -0.2) is 9.98 Å². The molecule has 3 heterocycles. The highest BCUT2D eigenvalue weighted by Crippen LogP contribution is 2.32. The van der Waals surface area contributed by atoms with Crippen molar-refractivity contribution in [3.63, 3.8) is 0 Å². The van der Waals surface area contributed by atoms with E-state index in [1.807, 2.05) is 36.5 Å². The van der Waals surface area contributed by atoms with Crippen molar-refractivity contribution in [2.75, 3.05) is 7.05 Å². The summed E-state index contributed by atoms with van der Waals surface area (Å²) in [5.41, 5.74) is 7.65. The number of aliphatic imine (C=N–C) groups is 1. The van der Waals surface area contributed by atoms with Gasteiger partial charge in [-0.3, -0.25) is 14.3 Å². The molecule has 36 heavy (non-hydrogen) atoms. The molecule has 0 spiro atoms. The van der Waals surface area contributed by atoms with Crippen molar-refractivity contribution in [1.82, 2.24) is 19.3 Å². The van der Waals surface area contributed by atoms with Crippen molar-refractivity contribution < 1.29 is 0 Å². The maximum absolute atomic E-state index is 5.16. The van der Waals surface area contributed by atoms with Gasteiger partial charge in [0.2, 0.25) is 0 Å². The van der Waals surface area contributed by atoms with Crippen LogP contribution in [-0.2, 0) is 13.0 Å². The van der Waals surface area contributed by atoms with Crippen LogP contribution in [0.25, 0.3) is 5.65 Å². The number of hydrogen-bond donors (Lipinski definition) is 0. The maximum atomic E-state index is 5.16. The molecule has 0 bridgehead atoms. The van der Waals surface area contributed by atoms with Crippen molar-refractivity contribution in [1.29, 1.82) is 0 Å². The molecule has 0 saturated carbocycles. The van der Waals surface area contributed by atoms with Crippen molar-refractivity contribution in [2.45, 2.75) is 31.8 Å². The first-order valence-corrected chi connectivity index (χ1v) is 12.6. The van der Waals surface area contributed by atoms with Crippen LogP contribution in [0, 0.1) is 0 Å². The molecule has 0 amide bonds. The highest BCUT2D eigenvalue weighted by atomic mass is 15.2. The highest BCUT2D eigenvalue weighted by Gasteiger charge is 2.25. The summed E-state index contributed by atoms with van der Waals surface area (Å²) in [7, 11) is 2.18. The molecule has 0 N–H and O–H groups in total. The summed E-state index contributed by atoms with van der Waals surface area (Å²) >= 11 is 0. The van der Waals surface area contributed by atoms with E-state index in [1.54, 1.807) is 0 Å². The number of pyridine rings is 2. The normalized spacial score (nSPS) is 15.1. The topological polar surface area (TPSA) is 45.8 Å². The third-order valence-corrected chi connectivity index (χ3v) is 6.95. The summed E-state index contributed by atoms with van der Waals surface area (Å²) in [6.45, 7) is 0.760. The first kappa shape index (κ1) is 22.4. The zero-order valence-corrected chi connectivity index (χ0v) is 20.5. The van der Waals surface area contributed by atoms with Gasteiger partial charge in [0.1, 0.15) is 11.5 Å². The Bertz CT molecular complexity index is 1460. The lowest BCUT2D eigenvalue weighted by Crippen LogP contribution is -2.28. The lowest BCUT2D eigenvalue weighted by Gasteiger charge is -2.31. The molecular formula is C31H29N5. The number of benzene rings is 2. The van der Waals surface area contributed by atoms with E-state index >= 15 is 0 Å². The largest absolute Gasteiger partial charge is 0.292 e. The van der Waals surface area contributed by atoms with Crippen LogP contribution >= 0.6 is 0 Å². The molecule has 0 fully saturated rings. The summed E-state index contributed by atoms with van der Waals surface area (Å²) in [4.78, 5) is 17.2. The van der Waals surface area contributed by atoms with Crippen LogP contribution in [0.4, 0.5) is 5.82 Å². The predicted octanol–water partition coefficient (Wildman–Crippen LogP) is 6.41. The van der Waals surface area contributed by atoms with E-state index in [0.29, 0.717) is 6.04 Å². The zero-order valence-electron chi connectivity index (χ0n) is 20.5. The summed E-state index contributed by atoms with van der Waals surface area (Å²) in [6, 6.07) is 31.4. The average molecular weight is 472 g/mol. The van der Waals surface area contributed by atoms with E-state index in [-0.39, 0.29) is 0 Å². The Kier molecular flexibility index (Phi) is 6.14. The minimum atomic E-state index is 0.319. The first-order valence-electron chi connectivity index (χ1n) is 12.6. The molecule has 3 aromatic heterocycles. The van der Waals surface area contributed by atoms with Crippen LogP contribution in [0.3, 0.4) is 0 Å². The average Bonchev–Trinajstić information content (AvgIpc) is 3.35. The number of aromatic nitrogens is 3. The number of nitrogens with zero attached hydrogens (tertiary/aromatic N) is 5. The number of aryl methyl sites for hydroxylation is 1. The van der Waals surface area contributed by atoms with E-state index in [0.717, 1.165) is 53.4 Å². The summed E-state index contributed by atoms with van der Waals surface area (Å²) in [5.74, 6) is 0.862. The summed E-state index contributed by atoms with van der Waals surface area (Å²) in [6.07, 6.45) is 7.48. The number of hydrogen-bond acceptors (Lipinski definition) is 4. The standard InChI is InChI=1S/C31H29N5/c1-35(27-17-8-15-25-16-10-20-32-31(25)27)21-26-22-36-28(33-26)18-9-19-29(36)34-30(23-11-4-2-5-12-23)24-13-6-3-7-14-24/h2-7,9-14,16,18-20,22,27H,8,15,17,21H2,1H3. The molecule has 178 valence electrons. The highest BCUT2D eigenvalue weighted by molar-refractivity contribution is 6.13. The lowest BCUT2D eigenvalue weighted by molar-refractivity contribution is 0.206.